The van der Waals surface area contributed by atoms with Gasteiger partial charge >= 0.3 is 0 Å². The number of pyridine rings is 2. The molecule has 2 aromatic heterocycles. The van der Waals surface area contributed by atoms with Crippen LogP contribution in [0.25, 0.3) is 10.8 Å². The molecule has 3 aromatic rings. The lowest BCUT2D eigenvalue weighted by molar-refractivity contribution is 0.573. The van der Waals surface area contributed by atoms with E-state index in [2.05, 4.69) is 46.5 Å². The van der Waals surface area contributed by atoms with E-state index in [9.17, 15) is 0 Å². The van der Waals surface area contributed by atoms with E-state index in [0.717, 1.165) is 6.54 Å². The number of fused-ring (bicyclic) bond motifs is 1. The first-order valence-electron chi connectivity index (χ1n) is 6.79. The molecule has 0 aliphatic heterocycles. The van der Waals surface area contributed by atoms with Gasteiger partial charge in [-0.15, -0.1) is 0 Å². The van der Waals surface area contributed by atoms with Crippen molar-refractivity contribution in [3.8, 4) is 0 Å². The monoisotopic (exact) mass is 263 g/mol. The zero-order valence-corrected chi connectivity index (χ0v) is 11.5. The number of benzene rings is 1. The lowest BCUT2D eigenvalue weighted by atomic mass is 10.1. The lowest BCUT2D eigenvalue weighted by Gasteiger charge is -2.14. The van der Waals surface area contributed by atoms with Crippen LogP contribution in [0.3, 0.4) is 0 Å². The summed E-state index contributed by atoms with van der Waals surface area (Å²) in [5.74, 6) is 0. The van der Waals surface area contributed by atoms with Gasteiger partial charge in [-0.2, -0.15) is 0 Å². The van der Waals surface area contributed by atoms with Crippen molar-refractivity contribution in [1.29, 1.82) is 0 Å². The summed E-state index contributed by atoms with van der Waals surface area (Å²) < 4.78 is 0. The zero-order valence-electron chi connectivity index (χ0n) is 11.5. The Morgan fingerprint density at radius 1 is 1.00 bits per heavy atom. The summed E-state index contributed by atoms with van der Waals surface area (Å²) >= 11 is 0. The van der Waals surface area contributed by atoms with E-state index in [-0.39, 0.29) is 6.04 Å². The molecule has 0 radical (unpaired) electrons. The number of nitrogens with one attached hydrogen (secondary N) is 1. The highest BCUT2D eigenvalue weighted by molar-refractivity contribution is 5.81. The molecule has 20 heavy (non-hydrogen) atoms. The Morgan fingerprint density at radius 2 is 1.90 bits per heavy atom. The van der Waals surface area contributed by atoms with Crippen molar-refractivity contribution in [1.82, 2.24) is 15.3 Å². The first kappa shape index (κ1) is 12.8. The molecule has 0 spiro atoms. The smallest absolute Gasteiger partial charge is 0.0346 e. The molecule has 0 unspecified atom stereocenters. The third-order valence-corrected chi connectivity index (χ3v) is 3.50. The van der Waals surface area contributed by atoms with Crippen molar-refractivity contribution in [2.75, 3.05) is 0 Å². The zero-order chi connectivity index (χ0) is 13.8. The highest BCUT2D eigenvalue weighted by atomic mass is 14.9. The molecule has 0 saturated carbocycles. The molecular formula is C17H17N3. The maximum atomic E-state index is 4.15. The van der Waals surface area contributed by atoms with E-state index in [1.807, 2.05) is 30.7 Å². The highest BCUT2D eigenvalue weighted by Gasteiger charge is 2.04. The van der Waals surface area contributed by atoms with Crippen molar-refractivity contribution in [3.63, 3.8) is 0 Å². The van der Waals surface area contributed by atoms with Crippen LogP contribution < -0.4 is 5.32 Å². The fourth-order valence-corrected chi connectivity index (χ4v) is 2.26. The predicted molar refractivity (Wildman–Crippen MR) is 81.2 cm³/mol. The maximum Gasteiger partial charge on any atom is 0.0346 e. The standard InChI is InChI=1S/C17H17N3/c1-13(16-3-2-7-18-11-16)20-10-14-4-5-17-12-19-8-6-15(17)9-14/h2-9,11-13,20H,10H2,1H3/t13-/m0/s1. The van der Waals surface area contributed by atoms with E-state index < -0.39 is 0 Å². The van der Waals surface area contributed by atoms with Gasteiger partial charge in [-0.3, -0.25) is 9.97 Å². The van der Waals surface area contributed by atoms with Crippen LogP contribution in [0.4, 0.5) is 0 Å². The van der Waals surface area contributed by atoms with Gasteiger partial charge in [0.25, 0.3) is 0 Å². The molecule has 1 N–H and O–H groups in total. The summed E-state index contributed by atoms with van der Waals surface area (Å²) in [6.45, 7) is 3.00. The van der Waals surface area contributed by atoms with Crippen LogP contribution in [-0.2, 0) is 6.54 Å². The van der Waals surface area contributed by atoms with Crippen molar-refractivity contribution < 1.29 is 0 Å². The van der Waals surface area contributed by atoms with Gasteiger partial charge in [-0.25, -0.2) is 0 Å². The Kier molecular flexibility index (Phi) is 3.70. The molecule has 2 heterocycles. The van der Waals surface area contributed by atoms with Crippen LogP contribution in [0, 0.1) is 0 Å². The lowest BCUT2D eigenvalue weighted by Crippen LogP contribution is -2.18. The molecule has 0 saturated heterocycles. The number of hydrogen-bond acceptors (Lipinski definition) is 3. The summed E-state index contributed by atoms with van der Waals surface area (Å²) in [7, 11) is 0. The molecule has 0 fully saturated rings. The molecular weight excluding hydrogens is 246 g/mol. The Bertz CT molecular complexity index is 695. The molecule has 0 amide bonds. The quantitative estimate of drug-likeness (QED) is 0.783. The summed E-state index contributed by atoms with van der Waals surface area (Å²) in [5.41, 5.74) is 2.48. The SMILES string of the molecule is C[C@H](NCc1ccc2cnccc2c1)c1cccnc1. The third kappa shape index (κ3) is 2.83. The molecule has 1 aromatic carbocycles. The number of hydrogen-bond donors (Lipinski definition) is 1. The number of nitrogens with zero attached hydrogens (tertiary/aromatic N) is 2. The van der Waals surface area contributed by atoms with Crippen molar-refractivity contribution in [3.05, 3.63) is 72.3 Å². The molecule has 0 aliphatic rings. The average Bonchev–Trinajstić information content (AvgIpc) is 2.53. The van der Waals surface area contributed by atoms with E-state index >= 15 is 0 Å². The van der Waals surface area contributed by atoms with Gasteiger partial charge in [0.15, 0.2) is 0 Å². The molecule has 0 bridgehead atoms. The number of aromatic nitrogens is 2. The third-order valence-electron chi connectivity index (χ3n) is 3.50. The topological polar surface area (TPSA) is 37.8 Å². The van der Waals surface area contributed by atoms with Crippen LogP contribution >= 0.6 is 0 Å². The Morgan fingerprint density at radius 3 is 2.75 bits per heavy atom. The second-order valence-corrected chi connectivity index (χ2v) is 4.95. The van der Waals surface area contributed by atoms with Gasteiger partial charge in [0.1, 0.15) is 0 Å². The molecule has 0 aliphatic carbocycles. The van der Waals surface area contributed by atoms with Gasteiger partial charge in [0.05, 0.1) is 0 Å². The second-order valence-electron chi connectivity index (χ2n) is 4.95. The minimum atomic E-state index is 0.289. The first-order chi connectivity index (χ1) is 9.83. The van der Waals surface area contributed by atoms with E-state index in [1.54, 1.807) is 6.20 Å². The van der Waals surface area contributed by atoms with Crippen molar-refractivity contribution in [2.24, 2.45) is 0 Å². The molecule has 3 nitrogen and oxygen atoms in total. The van der Waals surface area contributed by atoms with Crippen molar-refractivity contribution >= 4 is 10.8 Å². The molecule has 3 rings (SSSR count). The van der Waals surface area contributed by atoms with Gasteiger partial charge in [-0.05, 0) is 41.6 Å². The van der Waals surface area contributed by atoms with Crippen LogP contribution in [0.1, 0.15) is 24.1 Å². The molecule has 100 valence electrons. The predicted octanol–water partition coefficient (Wildman–Crippen LogP) is 3.48. The fraction of sp³-hybridized carbons (Fsp3) is 0.176. The minimum Gasteiger partial charge on any atom is -0.306 e. The fourth-order valence-electron chi connectivity index (χ4n) is 2.26. The van der Waals surface area contributed by atoms with Crippen molar-refractivity contribution in [2.45, 2.75) is 19.5 Å². The number of rotatable bonds is 4. The van der Waals surface area contributed by atoms with Crippen LogP contribution in [0.2, 0.25) is 0 Å². The summed E-state index contributed by atoms with van der Waals surface area (Å²) in [5, 5.41) is 5.93. The maximum absolute atomic E-state index is 4.15. The average molecular weight is 263 g/mol. The van der Waals surface area contributed by atoms with E-state index in [1.165, 1.54) is 21.9 Å². The van der Waals surface area contributed by atoms with Gasteiger partial charge in [0, 0.05) is 42.8 Å². The summed E-state index contributed by atoms with van der Waals surface area (Å²) in [4.78, 5) is 8.29. The summed E-state index contributed by atoms with van der Waals surface area (Å²) in [6.07, 6.45) is 7.43. The van der Waals surface area contributed by atoms with E-state index in [4.69, 9.17) is 0 Å². The molecule has 3 heteroatoms. The Balaban J connectivity index is 1.70. The minimum absolute atomic E-state index is 0.289. The van der Waals surface area contributed by atoms with Gasteiger partial charge in [-0.1, -0.05) is 18.2 Å². The Labute approximate surface area is 118 Å². The van der Waals surface area contributed by atoms with Crippen LogP contribution in [-0.4, -0.2) is 9.97 Å². The van der Waals surface area contributed by atoms with Crippen LogP contribution in [0.15, 0.2) is 61.2 Å². The normalized spacial score (nSPS) is 12.4. The van der Waals surface area contributed by atoms with Crippen LogP contribution in [0.5, 0.6) is 0 Å². The second kappa shape index (κ2) is 5.80. The van der Waals surface area contributed by atoms with Gasteiger partial charge in [0.2, 0.25) is 0 Å². The van der Waals surface area contributed by atoms with E-state index in [0.29, 0.717) is 0 Å². The first-order valence-corrected chi connectivity index (χ1v) is 6.79. The highest BCUT2D eigenvalue weighted by Crippen LogP contribution is 2.16. The largest absolute Gasteiger partial charge is 0.306 e. The van der Waals surface area contributed by atoms with Gasteiger partial charge < -0.3 is 5.32 Å². The Hall–Kier alpha value is -2.26. The molecule has 1 atom stereocenters. The summed E-state index contributed by atoms with van der Waals surface area (Å²) in [6, 6.07) is 12.9.